The molecule has 3 rings (SSSR count). The Hall–Kier alpha value is -1.88. The van der Waals surface area contributed by atoms with Crippen LogP contribution in [0, 0.1) is 5.41 Å². The van der Waals surface area contributed by atoms with Gasteiger partial charge in [-0.05, 0) is 30.2 Å². The average Bonchev–Trinajstić information content (AvgIpc) is 3.00. The van der Waals surface area contributed by atoms with Crippen LogP contribution in [-0.4, -0.2) is 65.4 Å². The molecule has 0 N–H and O–H groups in total. The van der Waals surface area contributed by atoms with Gasteiger partial charge in [0.15, 0.2) is 0 Å². The smallest absolute Gasteiger partial charge is 0.237 e. The van der Waals surface area contributed by atoms with E-state index in [0.717, 1.165) is 45.6 Å². The minimum absolute atomic E-state index is 0.0363. The summed E-state index contributed by atoms with van der Waals surface area (Å²) in [4.78, 5) is 31.1. The highest BCUT2D eigenvalue weighted by Crippen LogP contribution is 2.24. The lowest BCUT2D eigenvalue weighted by Crippen LogP contribution is -2.47. The van der Waals surface area contributed by atoms with Crippen LogP contribution in [0.2, 0.25) is 0 Å². The molecule has 2 aliphatic rings. The molecular formula is C22H33N3O2. The third-order valence-corrected chi connectivity index (χ3v) is 5.57. The quantitative estimate of drug-likeness (QED) is 0.799. The van der Waals surface area contributed by atoms with Gasteiger partial charge < -0.3 is 9.80 Å². The molecule has 148 valence electrons. The Balaban J connectivity index is 1.45. The third-order valence-electron chi connectivity index (χ3n) is 5.57. The van der Waals surface area contributed by atoms with E-state index >= 15 is 0 Å². The van der Waals surface area contributed by atoms with Crippen LogP contribution >= 0.6 is 0 Å². The lowest BCUT2D eigenvalue weighted by molar-refractivity contribution is -0.134. The highest BCUT2D eigenvalue weighted by atomic mass is 16.2. The van der Waals surface area contributed by atoms with Crippen LogP contribution in [0.4, 0.5) is 0 Å². The molecule has 5 nitrogen and oxygen atoms in total. The second kappa shape index (κ2) is 8.42. The van der Waals surface area contributed by atoms with E-state index in [1.54, 1.807) is 0 Å². The van der Waals surface area contributed by atoms with Gasteiger partial charge in [-0.25, -0.2) is 0 Å². The summed E-state index contributed by atoms with van der Waals surface area (Å²) in [5, 5.41) is 0. The lowest BCUT2D eigenvalue weighted by Gasteiger charge is -2.37. The zero-order chi connectivity index (χ0) is 19.4. The van der Waals surface area contributed by atoms with E-state index in [0.29, 0.717) is 19.0 Å². The van der Waals surface area contributed by atoms with Crippen molar-refractivity contribution in [3.05, 3.63) is 35.9 Å². The Morgan fingerprint density at radius 3 is 2.41 bits per heavy atom. The van der Waals surface area contributed by atoms with E-state index in [-0.39, 0.29) is 17.2 Å². The summed E-state index contributed by atoms with van der Waals surface area (Å²) in [6.45, 7) is 9.99. The summed E-state index contributed by atoms with van der Waals surface area (Å²) in [5.41, 5.74) is 1.31. The first kappa shape index (κ1) is 19.9. The number of amides is 2. The monoisotopic (exact) mass is 371 g/mol. The van der Waals surface area contributed by atoms with Crippen molar-refractivity contribution in [1.29, 1.82) is 0 Å². The molecule has 2 saturated heterocycles. The predicted molar refractivity (Wildman–Crippen MR) is 107 cm³/mol. The third kappa shape index (κ3) is 5.55. The number of hydrogen-bond donors (Lipinski definition) is 0. The summed E-state index contributed by atoms with van der Waals surface area (Å²) in [6, 6.07) is 10.7. The first-order valence-corrected chi connectivity index (χ1v) is 10.2. The molecule has 0 radical (unpaired) electrons. The van der Waals surface area contributed by atoms with Gasteiger partial charge in [-0.15, -0.1) is 0 Å². The van der Waals surface area contributed by atoms with Crippen LogP contribution in [-0.2, 0) is 16.0 Å². The fourth-order valence-corrected chi connectivity index (χ4v) is 4.02. The summed E-state index contributed by atoms with van der Waals surface area (Å²) >= 11 is 0. The predicted octanol–water partition coefficient (Wildman–Crippen LogP) is 2.76. The second-order valence-corrected chi connectivity index (χ2v) is 9.13. The molecule has 1 aromatic carbocycles. The zero-order valence-corrected chi connectivity index (χ0v) is 17.0. The molecule has 0 bridgehead atoms. The highest BCUT2D eigenvalue weighted by molar-refractivity contribution is 5.80. The van der Waals surface area contributed by atoms with Crippen LogP contribution in [0.15, 0.2) is 30.3 Å². The molecule has 0 spiro atoms. The first-order chi connectivity index (χ1) is 12.8. The summed E-state index contributed by atoms with van der Waals surface area (Å²) in [6.07, 6.45) is 3.44. The number of rotatable bonds is 5. The molecule has 0 aromatic heterocycles. The molecule has 0 aliphatic carbocycles. The van der Waals surface area contributed by atoms with Crippen LogP contribution in [0.1, 0.15) is 45.6 Å². The number of carbonyl (C=O) groups is 2. The molecule has 0 saturated carbocycles. The topological polar surface area (TPSA) is 43.9 Å². The Kier molecular flexibility index (Phi) is 6.20. The standard InChI is InChI=1S/C22H33N3O2/c1-22(2,3)15-20(26)23-13-10-19(11-14-23)25-16-21(27)24(17-25)12-9-18-7-5-4-6-8-18/h4-8,19H,9-17H2,1-3H3. The second-order valence-electron chi connectivity index (χ2n) is 9.13. The molecule has 2 fully saturated rings. The van der Waals surface area contributed by atoms with Crippen molar-refractivity contribution in [3.63, 3.8) is 0 Å². The van der Waals surface area contributed by atoms with Gasteiger partial charge in [-0.1, -0.05) is 51.1 Å². The molecule has 2 heterocycles. The first-order valence-electron chi connectivity index (χ1n) is 10.2. The van der Waals surface area contributed by atoms with Gasteiger partial charge in [0, 0.05) is 32.1 Å². The van der Waals surface area contributed by atoms with Crippen molar-refractivity contribution < 1.29 is 9.59 Å². The van der Waals surface area contributed by atoms with Crippen molar-refractivity contribution in [2.24, 2.45) is 5.41 Å². The van der Waals surface area contributed by atoms with E-state index in [2.05, 4.69) is 37.8 Å². The molecule has 0 unspecified atom stereocenters. The van der Waals surface area contributed by atoms with Crippen LogP contribution < -0.4 is 0 Å². The normalized spacial score (nSPS) is 19.7. The van der Waals surface area contributed by atoms with E-state index in [1.165, 1.54) is 5.56 Å². The molecule has 1 aromatic rings. The Morgan fingerprint density at radius 2 is 1.78 bits per heavy atom. The average molecular weight is 372 g/mol. The number of nitrogens with zero attached hydrogens (tertiary/aromatic N) is 3. The van der Waals surface area contributed by atoms with Crippen molar-refractivity contribution in [2.75, 3.05) is 32.8 Å². The largest absolute Gasteiger partial charge is 0.343 e. The molecule has 2 amide bonds. The number of piperidine rings is 1. The Labute approximate surface area is 163 Å². The van der Waals surface area contributed by atoms with Crippen LogP contribution in [0.3, 0.4) is 0 Å². The van der Waals surface area contributed by atoms with Gasteiger partial charge in [0.1, 0.15) is 0 Å². The van der Waals surface area contributed by atoms with Gasteiger partial charge in [-0.3, -0.25) is 14.5 Å². The van der Waals surface area contributed by atoms with E-state index in [4.69, 9.17) is 0 Å². The van der Waals surface area contributed by atoms with E-state index in [9.17, 15) is 9.59 Å². The maximum Gasteiger partial charge on any atom is 0.237 e. The van der Waals surface area contributed by atoms with Crippen molar-refractivity contribution in [2.45, 2.75) is 52.5 Å². The Morgan fingerprint density at radius 1 is 1.11 bits per heavy atom. The lowest BCUT2D eigenvalue weighted by atomic mass is 9.91. The fraction of sp³-hybridized carbons (Fsp3) is 0.636. The summed E-state index contributed by atoms with van der Waals surface area (Å²) in [5.74, 6) is 0.500. The van der Waals surface area contributed by atoms with Crippen LogP contribution in [0.5, 0.6) is 0 Å². The molecule has 27 heavy (non-hydrogen) atoms. The number of likely N-dealkylation sites (tertiary alicyclic amines) is 1. The number of hydrogen-bond acceptors (Lipinski definition) is 3. The van der Waals surface area contributed by atoms with Crippen molar-refractivity contribution >= 4 is 11.8 Å². The summed E-state index contributed by atoms with van der Waals surface area (Å²) in [7, 11) is 0. The minimum Gasteiger partial charge on any atom is -0.343 e. The van der Waals surface area contributed by atoms with Crippen LogP contribution in [0.25, 0.3) is 0 Å². The SMILES string of the molecule is CC(C)(C)CC(=O)N1CCC(N2CC(=O)N(CCc3ccccc3)C2)CC1. The molecule has 2 aliphatic heterocycles. The minimum atomic E-state index is 0.0363. The Bertz CT molecular complexity index is 645. The highest BCUT2D eigenvalue weighted by Gasteiger charge is 2.34. The number of carbonyl (C=O) groups excluding carboxylic acids is 2. The maximum absolute atomic E-state index is 12.4. The van der Waals surface area contributed by atoms with Gasteiger partial charge in [0.2, 0.25) is 11.8 Å². The zero-order valence-electron chi connectivity index (χ0n) is 17.0. The van der Waals surface area contributed by atoms with E-state index < -0.39 is 0 Å². The van der Waals surface area contributed by atoms with Crippen molar-refractivity contribution in [3.8, 4) is 0 Å². The van der Waals surface area contributed by atoms with Gasteiger partial charge in [0.05, 0.1) is 13.2 Å². The molecular weight excluding hydrogens is 338 g/mol. The summed E-state index contributed by atoms with van der Waals surface area (Å²) < 4.78 is 0. The maximum atomic E-state index is 12.4. The van der Waals surface area contributed by atoms with Gasteiger partial charge in [0.25, 0.3) is 0 Å². The molecule has 5 heteroatoms. The van der Waals surface area contributed by atoms with Gasteiger partial charge in [-0.2, -0.15) is 0 Å². The van der Waals surface area contributed by atoms with Gasteiger partial charge >= 0.3 is 0 Å². The van der Waals surface area contributed by atoms with E-state index in [1.807, 2.05) is 28.0 Å². The molecule has 0 atom stereocenters. The number of benzene rings is 1. The fourth-order valence-electron chi connectivity index (χ4n) is 4.02. The van der Waals surface area contributed by atoms with Crippen molar-refractivity contribution in [1.82, 2.24) is 14.7 Å².